The van der Waals surface area contributed by atoms with Gasteiger partial charge in [-0.15, -0.1) is 0 Å². The molecule has 0 spiro atoms. The molecule has 0 heterocycles. The van der Waals surface area contributed by atoms with Crippen molar-refractivity contribution in [2.24, 2.45) is 11.1 Å². The molecule has 2 nitrogen and oxygen atoms in total. The Morgan fingerprint density at radius 2 is 2.09 bits per heavy atom. The summed E-state index contributed by atoms with van der Waals surface area (Å²) in [6.07, 6.45) is 2.69. The van der Waals surface area contributed by atoms with Gasteiger partial charge in [-0.05, 0) is 12.8 Å². The third kappa shape index (κ3) is 1.09. The maximum absolute atomic E-state index is 10.0. The fourth-order valence-corrected chi connectivity index (χ4v) is 1.93. The van der Waals surface area contributed by atoms with Crippen LogP contribution in [0.3, 0.4) is 0 Å². The molecule has 0 aliphatic heterocycles. The van der Waals surface area contributed by atoms with Crippen molar-refractivity contribution in [2.75, 3.05) is 0 Å². The Balaban J connectivity index is 2.62. The van der Waals surface area contributed by atoms with Gasteiger partial charge in [-0.25, -0.2) is 0 Å². The molecule has 1 aliphatic carbocycles. The molecule has 0 saturated heterocycles. The van der Waals surface area contributed by atoms with Gasteiger partial charge in [0.15, 0.2) is 0 Å². The second-order valence-electron chi connectivity index (χ2n) is 4.31. The Labute approximate surface area is 68.8 Å². The van der Waals surface area contributed by atoms with E-state index in [0.29, 0.717) is 0 Å². The number of aliphatic hydroxyl groups is 1. The minimum atomic E-state index is -0.485. The molecule has 1 aliphatic rings. The average Bonchev–Trinajstić information content (AvgIpc) is 1.88. The Hall–Kier alpha value is -0.0800. The summed E-state index contributed by atoms with van der Waals surface area (Å²) in [5, 5.41) is 10.0. The largest absolute Gasteiger partial charge is 0.389 e. The standard InChI is InChI=1S/C9H19NO/c1-4-5-9(11)6-7(10)8(9,2)3/h7,11H,4-6,10H2,1-3H3. The van der Waals surface area contributed by atoms with Gasteiger partial charge >= 0.3 is 0 Å². The molecule has 1 saturated carbocycles. The van der Waals surface area contributed by atoms with E-state index >= 15 is 0 Å². The number of rotatable bonds is 2. The zero-order valence-corrected chi connectivity index (χ0v) is 7.72. The minimum absolute atomic E-state index is 0.0803. The summed E-state index contributed by atoms with van der Waals surface area (Å²) in [6.45, 7) is 6.20. The maximum atomic E-state index is 10.0. The van der Waals surface area contributed by atoms with Crippen molar-refractivity contribution in [1.29, 1.82) is 0 Å². The summed E-state index contributed by atoms with van der Waals surface area (Å²) in [5.41, 5.74) is 5.24. The van der Waals surface area contributed by atoms with Crippen LogP contribution in [-0.2, 0) is 0 Å². The lowest BCUT2D eigenvalue weighted by Gasteiger charge is -2.57. The Kier molecular flexibility index (Phi) is 2.01. The smallest absolute Gasteiger partial charge is 0.0728 e. The van der Waals surface area contributed by atoms with Crippen molar-refractivity contribution >= 4 is 0 Å². The van der Waals surface area contributed by atoms with Gasteiger partial charge in [0.05, 0.1) is 5.60 Å². The van der Waals surface area contributed by atoms with Crippen LogP contribution in [0.5, 0.6) is 0 Å². The van der Waals surface area contributed by atoms with Gasteiger partial charge in [-0.3, -0.25) is 0 Å². The maximum Gasteiger partial charge on any atom is 0.0728 e. The third-order valence-electron chi connectivity index (χ3n) is 3.35. The molecule has 0 radical (unpaired) electrons. The SMILES string of the molecule is CCCC1(O)CC(N)C1(C)C. The molecular formula is C9H19NO. The summed E-state index contributed by atoms with van der Waals surface area (Å²) < 4.78 is 0. The fourth-order valence-electron chi connectivity index (χ4n) is 1.93. The first-order valence-corrected chi connectivity index (χ1v) is 4.42. The van der Waals surface area contributed by atoms with Gasteiger partial charge in [0.25, 0.3) is 0 Å². The van der Waals surface area contributed by atoms with Crippen molar-refractivity contribution in [3.63, 3.8) is 0 Å². The fraction of sp³-hybridized carbons (Fsp3) is 1.00. The molecule has 11 heavy (non-hydrogen) atoms. The van der Waals surface area contributed by atoms with Crippen molar-refractivity contribution in [2.45, 2.75) is 51.7 Å². The molecule has 1 rings (SSSR count). The van der Waals surface area contributed by atoms with Crippen molar-refractivity contribution in [1.82, 2.24) is 0 Å². The van der Waals surface area contributed by atoms with E-state index in [1.165, 1.54) is 0 Å². The van der Waals surface area contributed by atoms with E-state index in [9.17, 15) is 5.11 Å². The summed E-state index contributed by atoms with van der Waals surface area (Å²) in [5.74, 6) is 0. The zero-order chi connectivity index (χ0) is 8.70. The lowest BCUT2D eigenvalue weighted by molar-refractivity contribution is -0.167. The highest BCUT2D eigenvalue weighted by Gasteiger charge is 2.56. The highest BCUT2D eigenvalue weighted by Crippen LogP contribution is 2.50. The summed E-state index contributed by atoms with van der Waals surface area (Å²) in [7, 11) is 0. The lowest BCUT2D eigenvalue weighted by Crippen LogP contribution is -2.67. The molecule has 2 unspecified atom stereocenters. The van der Waals surface area contributed by atoms with Crippen LogP contribution in [-0.4, -0.2) is 16.7 Å². The van der Waals surface area contributed by atoms with Gasteiger partial charge in [0.1, 0.15) is 0 Å². The minimum Gasteiger partial charge on any atom is -0.389 e. The van der Waals surface area contributed by atoms with E-state index < -0.39 is 5.60 Å². The first-order chi connectivity index (χ1) is 4.94. The van der Waals surface area contributed by atoms with Gasteiger partial charge in [0, 0.05) is 11.5 Å². The zero-order valence-electron chi connectivity index (χ0n) is 7.72. The van der Waals surface area contributed by atoms with E-state index in [0.717, 1.165) is 19.3 Å². The normalized spacial score (nSPS) is 41.7. The average molecular weight is 157 g/mol. The van der Waals surface area contributed by atoms with Gasteiger partial charge in [-0.1, -0.05) is 27.2 Å². The molecule has 3 N–H and O–H groups in total. The van der Waals surface area contributed by atoms with Crippen LogP contribution >= 0.6 is 0 Å². The molecule has 0 aromatic carbocycles. The first kappa shape index (κ1) is 9.01. The van der Waals surface area contributed by atoms with Crippen LogP contribution in [0.1, 0.15) is 40.0 Å². The molecule has 66 valence electrons. The molecule has 0 aromatic rings. The van der Waals surface area contributed by atoms with Gasteiger partial charge in [0.2, 0.25) is 0 Å². The Morgan fingerprint density at radius 1 is 1.55 bits per heavy atom. The van der Waals surface area contributed by atoms with E-state index in [4.69, 9.17) is 5.73 Å². The summed E-state index contributed by atoms with van der Waals surface area (Å²) in [4.78, 5) is 0. The predicted molar refractivity (Wildman–Crippen MR) is 46.2 cm³/mol. The quantitative estimate of drug-likeness (QED) is 0.634. The Morgan fingerprint density at radius 3 is 2.36 bits per heavy atom. The van der Waals surface area contributed by atoms with E-state index in [1.807, 2.05) is 0 Å². The first-order valence-electron chi connectivity index (χ1n) is 4.42. The van der Waals surface area contributed by atoms with Crippen LogP contribution in [0.25, 0.3) is 0 Å². The molecule has 2 atom stereocenters. The lowest BCUT2D eigenvalue weighted by atomic mass is 9.54. The molecule has 1 fully saturated rings. The number of hydrogen-bond donors (Lipinski definition) is 2. The molecule has 0 amide bonds. The summed E-state index contributed by atoms with van der Waals surface area (Å²) in [6, 6.07) is 0.180. The number of hydrogen-bond acceptors (Lipinski definition) is 2. The Bertz CT molecular complexity index is 152. The third-order valence-corrected chi connectivity index (χ3v) is 3.35. The monoisotopic (exact) mass is 157 g/mol. The van der Waals surface area contributed by atoms with E-state index in [1.54, 1.807) is 0 Å². The van der Waals surface area contributed by atoms with E-state index in [-0.39, 0.29) is 11.5 Å². The van der Waals surface area contributed by atoms with Crippen LogP contribution < -0.4 is 5.73 Å². The van der Waals surface area contributed by atoms with Gasteiger partial charge in [-0.2, -0.15) is 0 Å². The van der Waals surface area contributed by atoms with E-state index in [2.05, 4.69) is 20.8 Å². The van der Waals surface area contributed by atoms with Gasteiger partial charge < -0.3 is 10.8 Å². The predicted octanol–water partition coefficient (Wildman–Crippen LogP) is 1.27. The van der Waals surface area contributed by atoms with Crippen LogP contribution in [0.4, 0.5) is 0 Å². The topological polar surface area (TPSA) is 46.2 Å². The molecular weight excluding hydrogens is 138 g/mol. The molecule has 2 heteroatoms. The highest BCUT2D eigenvalue weighted by molar-refractivity contribution is 5.10. The molecule has 0 bridgehead atoms. The highest BCUT2D eigenvalue weighted by atomic mass is 16.3. The van der Waals surface area contributed by atoms with Crippen LogP contribution in [0.2, 0.25) is 0 Å². The van der Waals surface area contributed by atoms with Crippen molar-refractivity contribution in [3.05, 3.63) is 0 Å². The second-order valence-corrected chi connectivity index (χ2v) is 4.31. The van der Waals surface area contributed by atoms with Crippen LogP contribution in [0.15, 0.2) is 0 Å². The van der Waals surface area contributed by atoms with Crippen molar-refractivity contribution in [3.8, 4) is 0 Å². The second kappa shape index (κ2) is 2.46. The van der Waals surface area contributed by atoms with Crippen molar-refractivity contribution < 1.29 is 5.11 Å². The van der Waals surface area contributed by atoms with Crippen LogP contribution in [0, 0.1) is 5.41 Å². The number of nitrogens with two attached hydrogens (primary N) is 1. The molecule has 0 aromatic heterocycles. The summed E-state index contributed by atoms with van der Waals surface area (Å²) >= 11 is 0.